The second-order valence-corrected chi connectivity index (χ2v) is 10.3. The van der Waals surface area contributed by atoms with Gasteiger partial charge in [0.05, 0.1) is 10.6 Å². The fraction of sp³-hybridized carbons (Fsp3) is 0.360. The molecule has 0 aliphatic carbocycles. The number of carbonyl (C=O) groups is 2. The molecule has 3 aromatic rings. The number of benzene rings is 2. The lowest BCUT2D eigenvalue weighted by Crippen LogP contribution is -2.55. The minimum Gasteiger partial charge on any atom is -0.339 e. The molecular weight excluding hydrogens is 516 g/mol. The van der Waals surface area contributed by atoms with Crippen LogP contribution in [0, 0.1) is 17.0 Å². The Morgan fingerprint density at radius 3 is 2.59 bits per heavy atom. The molecule has 2 amide bonds. The fourth-order valence-corrected chi connectivity index (χ4v) is 5.39. The van der Waals surface area contributed by atoms with Crippen LogP contribution in [0.4, 0.5) is 5.69 Å². The van der Waals surface area contributed by atoms with Crippen molar-refractivity contribution in [1.82, 2.24) is 24.6 Å². The molecule has 1 unspecified atom stereocenters. The summed E-state index contributed by atoms with van der Waals surface area (Å²) in [6, 6.07) is 12.9. The molecule has 0 radical (unpaired) electrons. The van der Waals surface area contributed by atoms with Crippen LogP contribution in [-0.4, -0.2) is 72.7 Å². The predicted octanol–water partition coefficient (Wildman–Crippen LogP) is 4.38. The van der Waals surface area contributed by atoms with E-state index in [2.05, 4.69) is 10.2 Å². The van der Waals surface area contributed by atoms with E-state index in [0.717, 1.165) is 16.7 Å². The Bertz CT molecular complexity index is 1300. The zero-order valence-electron chi connectivity index (χ0n) is 20.5. The van der Waals surface area contributed by atoms with Crippen molar-refractivity contribution >= 4 is 40.9 Å². The molecule has 2 aromatic carbocycles. The Balaban J connectivity index is 1.26. The van der Waals surface area contributed by atoms with Crippen LogP contribution >= 0.6 is 23.4 Å². The number of amides is 2. The van der Waals surface area contributed by atoms with Crippen molar-refractivity contribution in [3.8, 4) is 5.69 Å². The normalized spacial score (nSPS) is 15.6. The third-order valence-electron chi connectivity index (χ3n) is 6.19. The summed E-state index contributed by atoms with van der Waals surface area (Å²) in [7, 11) is 0. The third-order valence-corrected chi connectivity index (χ3v) is 7.44. The second-order valence-electron chi connectivity index (χ2n) is 8.79. The van der Waals surface area contributed by atoms with Gasteiger partial charge in [0.15, 0.2) is 5.16 Å². The van der Waals surface area contributed by atoms with Crippen molar-refractivity contribution in [2.24, 2.45) is 0 Å². The highest BCUT2D eigenvalue weighted by Gasteiger charge is 2.30. The van der Waals surface area contributed by atoms with Gasteiger partial charge in [0.1, 0.15) is 5.82 Å². The molecule has 12 heteroatoms. The lowest BCUT2D eigenvalue weighted by Gasteiger charge is -2.40. The zero-order valence-corrected chi connectivity index (χ0v) is 22.1. The van der Waals surface area contributed by atoms with E-state index in [1.807, 2.05) is 42.7 Å². The van der Waals surface area contributed by atoms with Crippen molar-refractivity contribution in [3.63, 3.8) is 0 Å². The highest BCUT2D eigenvalue weighted by Crippen LogP contribution is 2.25. The van der Waals surface area contributed by atoms with E-state index < -0.39 is 4.92 Å². The number of rotatable bonds is 8. The monoisotopic (exact) mass is 542 g/mol. The van der Waals surface area contributed by atoms with Gasteiger partial charge in [0, 0.05) is 60.6 Å². The molecule has 1 atom stereocenters. The summed E-state index contributed by atoms with van der Waals surface area (Å²) in [4.78, 5) is 39.6. The molecule has 0 N–H and O–H groups in total. The van der Waals surface area contributed by atoms with Crippen LogP contribution in [0.5, 0.6) is 0 Å². The standard InChI is InChI=1S/C25H27ClN6O4S/c1-17-16-29(12-13-30(17)24(34)19-8-10-21(11-9-19)32(35)36)23(33)7-4-14-37-25-28-27-18(2)31(25)22-6-3-5-20(26)15-22/h3,5-6,8-11,15,17H,4,7,12-14,16H2,1-2H3. The molecule has 194 valence electrons. The summed E-state index contributed by atoms with van der Waals surface area (Å²) in [6.45, 7) is 5.11. The van der Waals surface area contributed by atoms with Crippen molar-refractivity contribution in [2.75, 3.05) is 25.4 Å². The molecule has 37 heavy (non-hydrogen) atoms. The Kier molecular flexibility index (Phi) is 8.45. The Labute approximate surface area is 223 Å². The highest BCUT2D eigenvalue weighted by atomic mass is 35.5. The van der Waals surface area contributed by atoms with Crippen LogP contribution in [0.1, 0.15) is 35.9 Å². The Morgan fingerprint density at radius 2 is 1.92 bits per heavy atom. The first-order valence-electron chi connectivity index (χ1n) is 11.9. The number of hydrogen-bond acceptors (Lipinski definition) is 7. The topological polar surface area (TPSA) is 114 Å². The summed E-state index contributed by atoms with van der Waals surface area (Å²) >= 11 is 7.68. The molecule has 10 nitrogen and oxygen atoms in total. The number of aromatic nitrogens is 3. The lowest BCUT2D eigenvalue weighted by atomic mass is 10.1. The predicted molar refractivity (Wildman–Crippen MR) is 141 cm³/mol. The number of nitro groups is 1. The fourth-order valence-electron chi connectivity index (χ4n) is 4.27. The van der Waals surface area contributed by atoms with Crippen molar-refractivity contribution in [3.05, 3.63) is 75.1 Å². The van der Waals surface area contributed by atoms with E-state index in [9.17, 15) is 19.7 Å². The summed E-state index contributed by atoms with van der Waals surface area (Å²) in [6.07, 6.45) is 1.08. The molecule has 1 saturated heterocycles. The van der Waals surface area contributed by atoms with Crippen LogP contribution in [0.25, 0.3) is 5.69 Å². The van der Waals surface area contributed by atoms with E-state index in [1.165, 1.54) is 24.3 Å². The minimum atomic E-state index is -0.495. The molecule has 1 aliphatic rings. The van der Waals surface area contributed by atoms with Gasteiger partial charge in [0.2, 0.25) is 5.91 Å². The first kappa shape index (κ1) is 26.6. The SMILES string of the molecule is Cc1nnc(SCCCC(=O)N2CCN(C(=O)c3ccc([N+](=O)[O-])cc3)C(C)C2)n1-c1cccc(Cl)c1. The van der Waals surface area contributed by atoms with E-state index in [4.69, 9.17) is 11.6 Å². The summed E-state index contributed by atoms with van der Waals surface area (Å²) in [5, 5.41) is 20.7. The molecule has 1 aromatic heterocycles. The smallest absolute Gasteiger partial charge is 0.269 e. The van der Waals surface area contributed by atoms with Gasteiger partial charge in [-0.25, -0.2) is 0 Å². The molecule has 0 spiro atoms. The maximum atomic E-state index is 12.9. The summed E-state index contributed by atoms with van der Waals surface area (Å²) in [5.74, 6) is 1.34. The largest absolute Gasteiger partial charge is 0.339 e. The molecule has 1 aliphatic heterocycles. The van der Waals surface area contributed by atoms with Gasteiger partial charge in [-0.15, -0.1) is 10.2 Å². The average molecular weight is 543 g/mol. The van der Waals surface area contributed by atoms with Gasteiger partial charge >= 0.3 is 0 Å². The number of carbonyl (C=O) groups excluding carboxylic acids is 2. The van der Waals surface area contributed by atoms with Crippen molar-refractivity contribution < 1.29 is 14.5 Å². The minimum absolute atomic E-state index is 0.0574. The summed E-state index contributed by atoms with van der Waals surface area (Å²) in [5.41, 5.74) is 1.23. The van der Waals surface area contributed by atoms with Gasteiger partial charge in [-0.3, -0.25) is 24.3 Å². The third kappa shape index (κ3) is 6.28. The Morgan fingerprint density at radius 1 is 1.16 bits per heavy atom. The van der Waals surface area contributed by atoms with Gasteiger partial charge < -0.3 is 9.80 Å². The maximum Gasteiger partial charge on any atom is 0.269 e. The van der Waals surface area contributed by atoms with Crippen LogP contribution in [-0.2, 0) is 4.79 Å². The summed E-state index contributed by atoms with van der Waals surface area (Å²) < 4.78 is 1.95. The van der Waals surface area contributed by atoms with E-state index >= 15 is 0 Å². The molecule has 1 fully saturated rings. The zero-order chi connectivity index (χ0) is 26.5. The number of nitrogens with zero attached hydrogens (tertiary/aromatic N) is 6. The number of non-ortho nitro benzene ring substituents is 1. The van der Waals surface area contributed by atoms with Crippen LogP contribution in [0.15, 0.2) is 53.7 Å². The average Bonchev–Trinajstić information content (AvgIpc) is 3.26. The van der Waals surface area contributed by atoms with E-state index in [-0.39, 0.29) is 23.5 Å². The second kappa shape index (κ2) is 11.7. The van der Waals surface area contributed by atoms with Crippen LogP contribution < -0.4 is 0 Å². The maximum absolute atomic E-state index is 12.9. The Hall–Kier alpha value is -3.44. The quantitative estimate of drug-likeness (QED) is 0.179. The van der Waals surface area contributed by atoms with E-state index in [1.54, 1.807) is 21.6 Å². The van der Waals surface area contributed by atoms with Gasteiger partial charge in [-0.2, -0.15) is 0 Å². The first-order valence-corrected chi connectivity index (χ1v) is 13.2. The number of piperazine rings is 1. The lowest BCUT2D eigenvalue weighted by molar-refractivity contribution is -0.384. The first-order chi connectivity index (χ1) is 17.7. The van der Waals surface area contributed by atoms with Gasteiger partial charge in [0.25, 0.3) is 11.6 Å². The molecule has 0 bridgehead atoms. The van der Waals surface area contributed by atoms with Crippen LogP contribution in [0.3, 0.4) is 0 Å². The molecule has 2 heterocycles. The van der Waals surface area contributed by atoms with Crippen molar-refractivity contribution in [2.45, 2.75) is 37.9 Å². The number of aryl methyl sites for hydroxylation is 1. The number of thioether (sulfide) groups is 1. The van der Waals surface area contributed by atoms with Gasteiger partial charge in [-0.05, 0) is 50.6 Å². The van der Waals surface area contributed by atoms with Gasteiger partial charge in [-0.1, -0.05) is 29.4 Å². The number of nitro benzene ring substituents is 1. The number of halogens is 1. The number of hydrogen-bond donors (Lipinski definition) is 0. The van der Waals surface area contributed by atoms with E-state index in [0.29, 0.717) is 48.8 Å². The molecule has 0 saturated carbocycles. The van der Waals surface area contributed by atoms with Crippen molar-refractivity contribution in [1.29, 1.82) is 0 Å². The highest BCUT2D eigenvalue weighted by molar-refractivity contribution is 7.99. The molecule has 4 rings (SSSR count). The van der Waals surface area contributed by atoms with Crippen LogP contribution in [0.2, 0.25) is 5.02 Å². The molecular formula is C25H27ClN6O4S.